The van der Waals surface area contributed by atoms with Crippen molar-refractivity contribution in [3.05, 3.63) is 45.8 Å². The zero-order valence-corrected chi connectivity index (χ0v) is 19.5. The predicted molar refractivity (Wildman–Crippen MR) is 121 cm³/mol. The number of nitrogens with two attached hydrogens (primary N) is 1. The average molecular weight is 480 g/mol. The third-order valence-electron chi connectivity index (χ3n) is 5.93. The van der Waals surface area contributed by atoms with E-state index in [2.05, 4.69) is 12.2 Å². The second-order valence-corrected chi connectivity index (χ2v) is 10.9. The highest BCUT2D eigenvalue weighted by Crippen LogP contribution is 2.34. The van der Waals surface area contributed by atoms with Crippen molar-refractivity contribution in [2.45, 2.75) is 24.8 Å². The first-order chi connectivity index (χ1) is 15.3. The van der Waals surface area contributed by atoms with Crippen LogP contribution in [0.5, 0.6) is 0 Å². The summed E-state index contributed by atoms with van der Waals surface area (Å²) in [5.74, 6) is -0.967. The van der Waals surface area contributed by atoms with Crippen LogP contribution in [-0.4, -0.2) is 63.9 Å². The van der Waals surface area contributed by atoms with Gasteiger partial charge in [0.2, 0.25) is 10.0 Å². The Bertz CT molecular complexity index is 1120. The first-order valence-corrected chi connectivity index (χ1v) is 12.8. The van der Waals surface area contributed by atoms with Gasteiger partial charge in [-0.15, -0.1) is 11.3 Å². The van der Waals surface area contributed by atoms with Gasteiger partial charge >= 0.3 is 0 Å². The molecule has 1 atom stereocenters. The fourth-order valence-corrected chi connectivity index (χ4v) is 6.80. The molecule has 1 aromatic carbocycles. The molecular formula is C21H27N4O5S2+. The van der Waals surface area contributed by atoms with Crippen LogP contribution in [0.2, 0.25) is 0 Å². The van der Waals surface area contributed by atoms with Crippen LogP contribution in [0.25, 0.3) is 0 Å². The average Bonchev–Trinajstić information content (AvgIpc) is 3.16. The van der Waals surface area contributed by atoms with Crippen LogP contribution in [0.4, 0.5) is 5.00 Å². The molecule has 172 valence electrons. The number of likely N-dealkylation sites (N-methyl/N-ethyl adjacent to an activating group) is 1. The van der Waals surface area contributed by atoms with Gasteiger partial charge in [-0.3, -0.25) is 9.59 Å². The summed E-state index contributed by atoms with van der Waals surface area (Å²) in [6, 6.07) is 5.81. The Morgan fingerprint density at radius 1 is 1.22 bits per heavy atom. The number of benzene rings is 1. The number of carbonyl (C=O) groups excluding carboxylic acids is 2. The van der Waals surface area contributed by atoms with E-state index in [4.69, 9.17) is 10.5 Å². The summed E-state index contributed by atoms with van der Waals surface area (Å²) >= 11 is 1.39. The number of quaternary nitrogens is 1. The molecule has 2 amide bonds. The molecule has 1 aromatic heterocycles. The number of amides is 2. The molecular weight excluding hydrogens is 452 g/mol. The Balaban J connectivity index is 1.53. The number of sulfonamides is 1. The summed E-state index contributed by atoms with van der Waals surface area (Å²) in [4.78, 5) is 27.6. The molecule has 0 spiro atoms. The minimum Gasteiger partial charge on any atom is -0.379 e. The Labute approximate surface area is 191 Å². The van der Waals surface area contributed by atoms with Crippen LogP contribution < -0.4 is 16.0 Å². The minimum atomic E-state index is -3.63. The minimum absolute atomic E-state index is 0.128. The largest absolute Gasteiger partial charge is 0.379 e. The number of hydrogen-bond acceptors (Lipinski definition) is 6. The highest BCUT2D eigenvalue weighted by atomic mass is 32.2. The smallest absolute Gasteiger partial charge is 0.256 e. The molecule has 2 aromatic rings. The van der Waals surface area contributed by atoms with Gasteiger partial charge in [0.25, 0.3) is 11.8 Å². The molecule has 1 fully saturated rings. The van der Waals surface area contributed by atoms with Crippen molar-refractivity contribution < 1.29 is 27.6 Å². The van der Waals surface area contributed by atoms with Gasteiger partial charge in [0.05, 0.1) is 41.6 Å². The third-order valence-corrected chi connectivity index (χ3v) is 8.99. The van der Waals surface area contributed by atoms with E-state index in [-0.39, 0.29) is 4.90 Å². The van der Waals surface area contributed by atoms with Gasteiger partial charge in [-0.2, -0.15) is 4.31 Å². The van der Waals surface area contributed by atoms with E-state index >= 15 is 0 Å². The Hall–Kier alpha value is -2.31. The molecule has 4 rings (SSSR count). The van der Waals surface area contributed by atoms with Gasteiger partial charge in [0, 0.05) is 25.1 Å². The number of rotatable bonds is 6. The monoisotopic (exact) mass is 479 g/mol. The first-order valence-electron chi connectivity index (χ1n) is 10.6. The van der Waals surface area contributed by atoms with E-state index in [9.17, 15) is 18.0 Å². The fourth-order valence-electron chi connectivity index (χ4n) is 4.08. The topological polar surface area (TPSA) is 123 Å². The molecule has 2 aliphatic rings. The molecule has 3 heterocycles. The number of carbonyl (C=O) groups is 2. The van der Waals surface area contributed by atoms with Crippen molar-refractivity contribution >= 4 is 38.2 Å². The number of thiophene rings is 1. The van der Waals surface area contributed by atoms with Gasteiger partial charge in [0.1, 0.15) is 11.5 Å². The van der Waals surface area contributed by atoms with Crippen LogP contribution in [0.3, 0.4) is 0 Å². The maximum atomic E-state index is 12.8. The normalized spacial score (nSPS) is 19.3. The van der Waals surface area contributed by atoms with Crippen molar-refractivity contribution in [2.24, 2.45) is 5.73 Å². The fraction of sp³-hybridized carbons (Fsp3) is 0.429. The Morgan fingerprint density at radius 3 is 2.53 bits per heavy atom. The van der Waals surface area contributed by atoms with Gasteiger partial charge in [0.15, 0.2) is 0 Å². The maximum absolute atomic E-state index is 12.8. The lowest BCUT2D eigenvalue weighted by Gasteiger charge is -2.26. The molecule has 4 N–H and O–H groups in total. The quantitative estimate of drug-likeness (QED) is 0.542. The van der Waals surface area contributed by atoms with Gasteiger partial charge in [-0.05, 0) is 36.8 Å². The highest BCUT2D eigenvalue weighted by molar-refractivity contribution is 7.89. The zero-order chi connectivity index (χ0) is 22.9. The second kappa shape index (κ2) is 9.28. The number of fused-ring (bicyclic) bond motifs is 1. The maximum Gasteiger partial charge on any atom is 0.256 e. The van der Waals surface area contributed by atoms with Crippen LogP contribution >= 0.6 is 11.3 Å². The van der Waals surface area contributed by atoms with Gasteiger partial charge in [-0.25, -0.2) is 8.42 Å². The summed E-state index contributed by atoms with van der Waals surface area (Å²) in [5.41, 5.74) is 7.25. The molecule has 0 aliphatic carbocycles. The lowest BCUT2D eigenvalue weighted by atomic mass is 10.0. The SMILES string of the molecule is CC[NH+]1CCc2c(sc(NC(=O)c3ccc(S(=O)(=O)N4CCOCC4)cc3)c2C(N)=O)C1. The standard InChI is InChI=1S/C21H26N4O5S2/c1-2-24-8-7-16-17(13-24)31-21(18(16)19(22)26)23-20(27)14-3-5-15(6-4-14)32(28,29)25-9-11-30-12-10-25/h3-6H,2,7-13H2,1H3,(H2,22,26)(H,23,27)/p+1. The Kier molecular flexibility index (Phi) is 6.63. The second-order valence-electron chi connectivity index (χ2n) is 7.85. The van der Waals surface area contributed by atoms with Gasteiger partial charge in [-0.1, -0.05) is 0 Å². The number of nitrogens with one attached hydrogen (secondary N) is 2. The van der Waals surface area contributed by atoms with Crippen molar-refractivity contribution in [3.8, 4) is 0 Å². The highest BCUT2D eigenvalue weighted by Gasteiger charge is 2.30. The van der Waals surface area contributed by atoms with Crippen molar-refractivity contribution in [3.63, 3.8) is 0 Å². The molecule has 0 saturated carbocycles. The molecule has 9 nitrogen and oxygen atoms in total. The number of anilines is 1. The van der Waals surface area contributed by atoms with Crippen LogP contribution in [0, 0.1) is 0 Å². The molecule has 2 aliphatic heterocycles. The van der Waals surface area contributed by atoms with E-state index in [1.165, 1.54) is 44.8 Å². The zero-order valence-electron chi connectivity index (χ0n) is 17.8. The molecule has 32 heavy (non-hydrogen) atoms. The van der Waals surface area contributed by atoms with E-state index in [1.807, 2.05) is 0 Å². The summed E-state index contributed by atoms with van der Waals surface area (Å²) in [6.07, 6.45) is 0.747. The predicted octanol–water partition coefficient (Wildman–Crippen LogP) is 0.0811. The number of primary amides is 1. The van der Waals surface area contributed by atoms with E-state index in [0.717, 1.165) is 36.5 Å². The van der Waals surface area contributed by atoms with Crippen LogP contribution in [-0.2, 0) is 27.7 Å². The van der Waals surface area contributed by atoms with Crippen molar-refractivity contribution in [1.29, 1.82) is 0 Å². The number of nitrogens with zero attached hydrogens (tertiary/aromatic N) is 1. The third kappa shape index (κ3) is 4.44. The van der Waals surface area contributed by atoms with E-state index in [0.29, 0.717) is 42.4 Å². The van der Waals surface area contributed by atoms with Crippen molar-refractivity contribution in [1.82, 2.24) is 4.31 Å². The van der Waals surface area contributed by atoms with E-state index < -0.39 is 21.8 Å². The van der Waals surface area contributed by atoms with Gasteiger partial charge < -0.3 is 20.7 Å². The molecule has 1 unspecified atom stereocenters. The Morgan fingerprint density at radius 2 is 1.91 bits per heavy atom. The molecule has 0 bridgehead atoms. The first kappa shape index (κ1) is 22.9. The van der Waals surface area contributed by atoms with Crippen LogP contribution in [0.15, 0.2) is 29.2 Å². The molecule has 1 saturated heterocycles. The summed E-state index contributed by atoms with van der Waals surface area (Å²) in [7, 11) is -3.63. The lowest BCUT2D eigenvalue weighted by Crippen LogP contribution is -3.11. The molecule has 11 heteroatoms. The van der Waals surface area contributed by atoms with Crippen molar-refractivity contribution in [2.75, 3.05) is 44.7 Å². The van der Waals surface area contributed by atoms with Crippen LogP contribution in [0.1, 0.15) is 38.1 Å². The lowest BCUT2D eigenvalue weighted by molar-refractivity contribution is -0.913. The molecule has 0 radical (unpaired) electrons. The number of morpholine rings is 1. The number of hydrogen-bond donors (Lipinski definition) is 3. The summed E-state index contributed by atoms with van der Waals surface area (Å²) < 4.78 is 32.1. The summed E-state index contributed by atoms with van der Waals surface area (Å²) in [5, 5.41) is 3.27. The summed E-state index contributed by atoms with van der Waals surface area (Å²) in [6.45, 7) is 6.18. The number of ether oxygens (including phenoxy) is 1. The van der Waals surface area contributed by atoms with E-state index in [1.54, 1.807) is 0 Å².